The Balaban J connectivity index is 1.49. The smallest absolute Gasteiger partial charge is 0.407 e. The molecule has 1 aromatic carbocycles. The zero-order valence-corrected chi connectivity index (χ0v) is 19.1. The molecule has 2 aliphatic rings. The summed E-state index contributed by atoms with van der Waals surface area (Å²) in [6.07, 6.45) is 4.77. The fraction of sp³-hybridized carbons (Fsp3) is 0.682. The quantitative estimate of drug-likeness (QED) is 0.684. The van der Waals surface area contributed by atoms with Crippen LogP contribution in [0.15, 0.2) is 29.2 Å². The third-order valence-electron chi connectivity index (χ3n) is 5.76. The van der Waals surface area contributed by atoms with Crippen molar-refractivity contribution in [2.24, 2.45) is 5.92 Å². The summed E-state index contributed by atoms with van der Waals surface area (Å²) in [5.41, 5.74) is 0.562. The molecular weight excluding hydrogens is 402 g/mol. The molecule has 1 heterocycles. The molecule has 0 bridgehead atoms. The van der Waals surface area contributed by atoms with E-state index in [4.69, 9.17) is 4.74 Å². The summed E-state index contributed by atoms with van der Waals surface area (Å²) < 4.78 is 32.2. The summed E-state index contributed by atoms with van der Waals surface area (Å²) in [5, 5.41) is 6.47. The molecular formula is C22H35N3O4S. The van der Waals surface area contributed by atoms with Crippen LogP contribution < -0.4 is 10.6 Å². The van der Waals surface area contributed by atoms with Crippen molar-refractivity contribution in [3.8, 4) is 0 Å². The highest BCUT2D eigenvalue weighted by Gasteiger charge is 2.29. The van der Waals surface area contributed by atoms with Gasteiger partial charge in [-0.2, -0.15) is 4.31 Å². The summed E-state index contributed by atoms with van der Waals surface area (Å²) in [6.45, 7) is 8.08. The highest BCUT2D eigenvalue weighted by atomic mass is 32.2. The van der Waals surface area contributed by atoms with E-state index in [-0.39, 0.29) is 6.09 Å². The molecule has 1 saturated heterocycles. The topological polar surface area (TPSA) is 87.7 Å². The molecule has 0 radical (unpaired) electrons. The van der Waals surface area contributed by atoms with Crippen LogP contribution in [0.2, 0.25) is 0 Å². The Bertz CT molecular complexity index is 812. The standard InChI is InChI=1S/C22H35N3O4S/c1-22(2,3)29-21(26)24-16-18-7-6-8-20(18)23-15-17-9-11-19(12-10-17)30(27,28)25-13-4-5-14-25/h9-12,18,20,23H,4-8,13-16H2,1-3H3,(H,24,26)/t18-,20-/m1/s1. The maximum Gasteiger partial charge on any atom is 0.407 e. The number of hydrogen-bond acceptors (Lipinski definition) is 5. The third-order valence-corrected chi connectivity index (χ3v) is 7.67. The van der Waals surface area contributed by atoms with Gasteiger partial charge in [0.05, 0.1) is 4.90 Å². The fourth-order valence-electron chi connectivity index (χ4n) is 4.18. The van der Waals surface area contributed by atoms with Crippen molar-refractivity contribution >= 4 is 16.1 Å². The maximum atomic E-state index is 12.6. The van der Waals surface area contributed by atoms with Crippen LogP contribution >= 0.6 is 0 Å². The van der Waals surface area contributed by atoms with E-state index in [9.17, 15) is 13.2 Å². The van der Waals surface area contributed by atoms with Gasteiger partial charge in [-0.1, -0.05) is 18.6 Å². The van der Waals surface area contributed by atoms with Crippen LogP contribution in [0.1, 0.15) is 58.4 Å². The maximum absolute atomic E-state index is 12.6. The molecule has 0 unspecified atom stereocenters. The van der Waals surface area contributed by atoms with Crippen LogP contribution in [0, 0.1) is 5.92 Å². The van der Waals surface area contributed by atoms with E-state index in [1.807, 2.05) is 32.9 Å². The number of sulfonamides is 1. The number of nitrogens with one attached hydrogen (secondary N) is 2. The first kappa shape index (κ1) is 23.0. The average molecular weight is 438 g/mol. The van der Waals surface area contributed by atoms with Gasteiger partial charge in [-0.3, -0.25) is 0 Å². The lowest BCUT2D eigenvalue weighted by Gasteiger charge is -2.24. The SMILES string of the molecule is CC(C)(C)OC(=O)NC[C@H]1CCC[C@H]1NCc1ccc(S(=O)(=O)N2CCCC2)cc1. The predicted octanol–water partition coefficient (Wildman–Crippen LogP) is 3.25. The second-order valence-corrected chi connectivity index (χ2v) is 11.3. The van der Waals surface area contributed by atoms with Crippen molar-refractivity contribution in [3.05, 3.63) is 29.8 Å². The van der Waals surface area contributed by atoms with Gasteiger partial charge in [0.25, 0.3) is 0 Å². The van der Waals surface area contributed by atoms with Gasteiger partial charge < -0.3 is 15.4 Å². The summed E-state index contributed by atoms with van der Waals surface area (Å²) in [5.74, 6) is 0.368. The van der Waals surface area contributed by atoms with Crippen LogP contribution in [0.4, 0.5) is 4.79 Å². The molecule has 1 saturated carbocycles. The molecule has 168 valence electrons. The van der Waals surface area contributed by atoms with Crippen LogP contribution in [0.5, 0.6) is 0 Å². The fourth-order valence-corrected chi connectivity index (χ4v) is 5.70. The molecule has 2 N–H and O–H groups in total. The van der Waals surface area contributed by atoms with Crippen molar-refractivity contribution in [2.75, 3.05) is 19.6 Å². The first-order valence-corrected chi connectivity index (χ1v) is 12.4. The Kier molecular flexibility index (Phi) is 7.42. The molecule has 0 spiro atoms. The molecule has 3 rings (SSSR count). The van der Waals surface area contributed by atoms with E-state index in [1.165, 1.54) is 0 Å². The zero-order valence-electron chi connectivity index (χ0n) is 18.3. The van der Waals surface area contributed by atoms with Gasteiger partial charge in [0, 0.05) is 32.2 Å². The molecule has 2 fully saturated rings. The average Bonchev–Trinajstić information content (AvgIpc) is 3.36. The van der Waals surface area contributed by atoms with Crippen LogP contribution in [-0.2, 0) is 21.3 Å². The Morgan fingerprint density at radius 2 is 1.77 bits per heavy atom. The van der Waals surface area contributed by atoms with E-state index in [2.05, 4.69) is 10.6 Å². The Hall–Kier alpha value is -1.64. The minimum atomic E-state index is -3.36. The van der Waals surface area contributed by atoms with Crippen LogP contribution in [-0.4, -0.2) is 50.1 Å². The van der Waals surface area contributed by atoms with Gasteiger partial charge in [0.15, 0.2) is 0 Å². The number of alkyl carbamates (subject to hydrolysis) is 1. The van der Waals surface area contributed by atoms with E-state index in [1.54, 1.807) is 16.4 Å². The van der Waals surface area contributed by atoms with Gasteiger partial charge >= 0.3 is 6.09 Å². The van der Waals surface area contributed by atoms with E-state index in [0.717, 1.165) is 37.7 Å². The second kappa shape index (κ2) is 9.66. The number of benzene rings is 1. The summed E-state index contributed by atoms with van der Waals surface area (Å²) in [6, 6.07) is 7.52. The van der Waals surface area contributed by atoms with Crippen molar-refractivity contribution < 1.29 is 17.9 Å². The number of hydrogen-bond donors (Lipinski definition) is 2. The predicted molar refractivity (Wildman–Crippen MR) is 117 cm³/mol. The molecule has 8 heteroatoms. The van der Waals surface area contributed by atoms with Crippen molar-refractivity contribution in [3.63, 3.8) is 0 Å². The lowest BCUT2D eigenvalue weighted by molar-refractivity contribution is 0.0517. The number of ether oxygens (including phenoxy) is 1. The number of carbonyl (C=O) groups excluding carboxylic acids is 1. The first-order chi connectivity index (χ1) is 14.1. The Morgan fingerprint density at radius 1 is 1.10 bits per heavy atom. The number of amides is 1. The molecule has 1 aliphatic carbocycles. The molecule has 1 amide bonds. The molecule has 0 aromatic heterocycles. The van der Waals surface area contributed by atoms with Gasteiger partial charge in [0.2, 0.25) is 10.0 Å². The second-order valence-electron chi connectivity index (χ2n) is 9.32. The lowest BCUT2D eigenvalue weighted by Crippen LogP contribution is -2.40. The van der Waals surface area contributed by atoms with Crippen molar-refractivity contribution in [1.82, 2.24) is 14.9 Å². The van der Waals surface area contributed by atoms with Crippen molar-refractivity contribution in [1.29, 1.82) is 0 Å². The third kappa shape index (κ3) is 6.18. The monoisotopic (exact) mass is 437 g/mol. The number of carbonyl (C=O) groups is 1. The molecule has 2 atom stereocenters. The van der Waals surface area contributed by atoms with Gasteiger partial charge in [-0.15, -0.1) is 0 Å². The summed E-state index contributed by atoms with van der Waals surface area (Å²) in [4.78, 5) is 12.3. The molecule has 30 heavy (non-hydrogen) atoms. The van der Waals surface area contributed by atoms with Gasteiger partial charge in [0.1, 0.15) is 5.60 Å². The molecule has 7 nitrogen and oxygen atoms in total. The Morgan fingerprint density at radius 3 is 2.40 bits per heavy atom. The normalized spacial score (nSPS) is 22.9. The van der Waals surface area contributed by atoms with Gasteiger partial charge in [-0.25, -0.2) is 13.2 Å². The van der Waals surface area contributed by atoms with E-state index >= 15 is 0 Å². The van der Waals surface area contributed by atoms with Crippen molar-refractivity contribution in [2.45, 2.75) is 76.0 Å². The lowest BCUT2D eigenvalue weighted by atomic mass is 10.0. The van der Waals surface area contributed by atoms with Crippen LogP contribution in [0.3, 0.4) is 0 Å². The first-order valence-electron chi connectivity index (χ1n) is 10.9. The molecule has 1 aliphatic heterocycles. The minimum absolute atomic E-state index is 0.327. The Labute approximate surface area is 180 Å². The number of nitrogens with zero attached hydrogens (tertiary/aromatic N) is 1. The largest absolute Gasteiger partial charge is 0.444 e. The van der Waals surface area contributed by atoms with E-state index in [0.29, 0.717) is 43.0 Å². The summed E-state index contributed by atoms with van der Waals surface area (Å²) in [7, 11) is -3.36. The van der Waals surface area contributed by atoms with Crippen LogP contribution in [0.25, 0.3) is 0 Å². The number of rotatable bonds is 7. The summed E-state index contributed by atoms with van der Waals surface area (Å²) >= 11 is 0. The van der Waals surface area contributed by atoms with Gasteiger partial charge in [-0.05, 0) is 70.1 Å². The van der Waals surface area contributed by atoms with E-state index < -0.39 is 15.6 Å². The zero-order chi connectivity index (χ0) is 21.8. The minimum Gasteiger partial charge on any atom is -0.444 e. The highest BCUT2D eigenvalue weighted by molar-refractivity contribution is 7.89. The molecule has 1 aromatic rings. The highest BCUT2D eigenvalue weighted by Crippen LogP contribution is 2.26.